The first-order valence-electron chi connectivity index (χ1n) is 14.9. The molecule has 0 radical (unpaired) electrons. The van der Waals surface area contributed by atoms with E-state index >= 15 is 0 Å². The largest absolute Gasteiger partial charge is 0.228 e. The molecular weight excluding hydrogens is 532 g/mol. The van der Waals surface area contributed by atoms with Crippen LogP contribution < -0.4 is 0 Å². The minimum Gasteiger partial charge on any atom is -0.228 e. The zero-order valence-electron chi connectivity index (χ0n) is 24.1. The first-order valence-corrected chi connectivity index (χ1v) is 14.9. The van der Waals surface area contributed by atoms with Gasteiger partial charge in [0.1, 0.15) is 0 Å². The lowest BCUT2D eigenvalue weighted by Gasteiger charge is -2.18. The molecule has 0 aliphatic rings. The molecule has 1 heterocycles. The van der Waals surface area contributed by atoms with Gasteiger partial charge in [0.2, 0.25) is 0 Å². The summed E-state index contributed by atoms with van der Waals surface area (Å²) in [5.74, 6) is 0.714. The van der Waals surface area contributed by atoms with Crippen LogP contribution in [0, 0.1) is 0 Å². The van der Waals surface area contributed by atoms with Crippen LogP contribution in [0.4, 0.5) is 0 Å². The van der Waals surface area contributed by atoms with E-state index < -0.39 is 0 Å². The van der Waals surface area contributed by atoms with Gasteiger partial charge in [0.05, 0.1) is 11.4 Å². The molecule has 0 bridgehead atoms. The van der Waals surface area contributed by atoms with E-state index in [0.717, 1.165) is 28.1 Å². The van der Waals surface area contributed by atoms with Gasteiger partial charge in [-0.3, -0.25) is 0 Å². The van der Waals surface area contributed by atoms with Gasteiger partial charge in [-0.2, -0.15) is 0 Å². The van der Waals surface area contributed by atoms with Crippen LogP contribution in [0.15, 0.2) is 170 Å². The molecule has 0 N–H and O–H groups in total. The van der Waals surface area contributed by atoms with Crippen LogP contribution in [-0.4, -0.2) is 9.97 Å². The van der Waals surface area contributed by atoms with E-state index in [4.69, 9.17) is 9.97 Å². The van der Waals surface area contributed by atoms with Crippen molar-refractivity contribution in [2.75, 3.05) is 0 Å². The van der Waals surface area contributed by atoms with E-state index in [1.54, 1.807) is 0 Å². The van der Waals surface area contributed by atoms with E-state index in [1.165, 1.54) is 43.8 Å². The summed E-state index contributed by atoms with van der Waals surface area (Å²) in [6.45, 7) is 0. The Bertz CT molecular complexity index is 2120. The molecule has 0 saturated carbocycles. The van der Waals surface area contributed by atoms with Crippen molar-refractivity contribution in [3.8, 4) is 56.2 Å². The minimum atomic E-state index is 0.714. The number of nitrogens with zero attached hydrogens (tertiary/aromatic N) is 2. The van der Waals surface area contributed by atoms with Crippen LogP contribution in [0.1, 0.15) is 0 Å². The first-order chi connectivity index (χ1) is 21.8. The zero-order chi connectivity index (χ0) is 29.3. The van der Waals surface area contributed by atoms with Crippen molar-refractivity contribution in [1.29, 1.82) is 0 Å². The normalized spacial score (nSPS) is 11.2. The van der Waals surface area contributed by atoms with Gasteiger partial charge in [-0.1, -0.05) is 164 Å². The predicted octanol–water partition coefficient (Wildman–Crippen LogP) is 11.1. The van der Waals surface area contributed by atoms with Gasteiger partial charge in [0.25, 0.3) is 0 Å². The summed E-state index contributed by atoms with van der Waals surface area (Å²) in [7, 11) is 0. The fourth-order valence-electron chi connectivity index (χ4n) is 6.23. The molecule has 2 nitrogen and oxygen atoms in total. The lowest BCUT2D eigenvalue weighted by Crippen LogP contribution is -1.96. The van der Waals surface area contributed by atoms with Crippen molar-refractivity contribution in [2.45, 2.75) is 0 Å². The molecule has 2 heteroatoms. The predicted molar refractivity (Wildman–Crippen MR) is 184 cm³/mol. The number of aromatic nitrogens is 2. The van der Waals surface area contributed by atoms with Crippen molar-refractivity contribution in [1.82, 2.24) is 9.97 Å². The lowest BCUT2D eigenvalue weighted by atomic mass is 9.86. The Morgan fingerprint density at radius 2 is 0.591 bits per heavy atom. The average Bonchev–Trinajstić information content (AvgIpc) is 3.11. The fraction of sp³-hybridized carbons (Fsp3) is 0. The average molecular weight is 561 g/mol. The minimum absolute atomic E-state index is 0.714. The molecule has 0 aliphatic heterocycles. The van der Waals surface area contributed by atoms with Crippen LogP contribution in [0.25, 0.3) is 77.7 Å². The maximum atomic E-state index is 5.04. The van der Waals surface area contributed by atoms with Crippen LogP contribution in [0.2, 0.25) is 0 Å². The van der Waals surface area contributed by atoms with Gasteiger partial charge in [-0.25, -0.2) is 9.97 Å². The topological polar surface area (TPSA) is 25.8 Å². The highest BCUT2D eigenvalue weighted by Gasteiger charge is 2.17. The second-order valence-electron chi connectivity index (χ2n) is 11.0. The highest BCUT2D eigenvalue weighted by molar-refractivity contribution is 6.21. The summed E-state index contributed by atoms with van der Waals surface area (Å²) in [5.41, 5.74) is 9.86. The molecule has 0 spiro atoms. The van der Waals surface area contributed by atoms with Crippen LogP contribution in [-0.2, 0) is 0 Å². The number of benzene rings is 7. The quantitative estimate of drug-likeness (QED) is 0.196. The Labute approximate surface area is 257 Å². The van der Waals surface area contributed by atoms with E-state index in [1.807, 2.05) is 36.4 Å². The third kappa shape index (κ3) is 4.63. The lowest BCUT2D eigenvalue weighted by molar-refractivity contribution is 1.18. The SMILES string of the molecule is c1ccc(-c2cc(-c3ccccc3)nc(-c3ccc(-c4c5ccccc5c(-c5ccccc5)c5ccccc45)cc3)n2)cc1. The summed E-state index contributed by atoms with van der Waals surface area (Å²) in [6, 6.07) is 59.7. The number of hydrogen-bond donors (Lipinski definition) is 0. The van der Waals surface area contributed by atoms with Crippen LogP contribution >= 0.6 is 0 Å². The Hall–Kier alpha value is -5.86. The van der Waals surface area contributed by atoms with Gasteiger partial charge in [0.15, 0.2) is 5.82 Å². The van der Waals surface area contributed by atoms with Gasteiger partial charge in [0, 0.05) is 16.7 Å². The fourth-order valence-corrected chi connectivity index (χ4v) is 6.23. The third-order valence-electron chi connectivity index (χ3n) is 8.29. The van der Waals surface area contributed by atoms with E-state index in [9.17, 15) is 0 Å². The molecule has 8 rings (SSSR count). The molecular formula is C42H28N2. The molecule has 0 unspecified atom stereocenters. The molecule has 44 heavy (non-hydrogen) atoms. The Balaban J connectivity index is 1.30. The summed E-state index contributed by atoms with van der Waals surface area (Å²) in [4.78, 5) is 10.1. The van der Waals surface area contributed by atoms with Crippen molar-refractivity contribution in [3.63, 3.8) is 0 Å². The van der Waals surface area contributed by atoms with E-state index in [0.29, 0.717) is 5.82 Å². The second kappa shape index (κ2) is 11.1. The van der Waals surface area contributed by atoms with Crippen molar-refractivity contribution in [3.05, 3.63) is 170 Å². The summed E-state index contributed by atoms with van der Waals surface area (Å²) >= 11 is 0. The monoisotopic (exact) mass is 560 g/mol. The molecule has 0 aliphatic carbocycles. The maximum Gasteiger partial charge on any atom is 0.160 e. The van der Waals surface area contributed by atoms with Crippen molar-refractivity contribution < 1.29 is 0 Å². The van der Waals surface area contributed by atoms with Gasteiger partial charge in [-0.05, 0) is 49.9 Å². The van der Waals surface area contributed by atoms with Crippen molar-refractivity contribution >= 4 is 21.5 Å². The van der Waals surface area contributed by atoms with Gasteiger partial charge >= 0.3 is 0 Å². The third-order valence-corrected chi connectivity index (χ3v) is 8.29. The highest BCUT2D eigenvalue weighted by atomic mass is 14.9. The molecule has 0 fully saturated rings. The highest BCUT2D eigenvalue weighted by Crippen LogP contribution is 2.43. The molecule has 206 valence electrons. The summed E-state index contributed by atoms with van der Waals surface area (Å²) < 4.78 is 0. The van der Waals surface area contributed by atoms with E-state index in [-0.39, 0.29) is 0 Å². The standard InChI is InChI=1S/C42H28N2/c1-4-14-29(15-5-1)38-28-39(30-16-6-2-7-17-30)44-42(43-38)33-26-24-32(25-27-33)41-36-22-12-10-20-34(36)40(31-18-8-3-9-19-31)35-21-11-13-23-37(35)41/h1-28H. The Morgan fingerprint density at radius 3 is 1.00 bits per heavy atom. The number of fused-ring (bicyclic) bond motifs is 2. The van der Waals surface area contributed by atoms with Gasteiger partial charge in [-0.15, -0.1) is 0 Å². The summed E-state index contributed by atoms with van der Waals surface area (Å²) in [5, 5.41) is 4.99. The molecule has 0 atom stereocenters. The molecule has 7 aromatic carbocycles. The maximum absolute atomic E-state index is 5.04. The van der Waals surface area contributed by atoms with Crippen LogP contribution in [0.5, 0.6) is 0 Å². The van der Waals surface area contributed by atoms with Crippen molar-refractivity contribution in [2.24, 2.45) is 0 Å². The first kappa shape index (κ1) is 25.8. The molecule has 0 amide bonds. The zero-order valence-corrected chi connectivity index (χ0v) is 24.1. The van der Waals surface area contributed by atoms with Gasteiger partial charge < -0.3 is 0 Å². The number of hydrogen-bond acceptors (Lipinski definition) is 2. The second-order valence-corrected chi connectivity index (χ2v) is 11.0. The van der Waals surface area contributed by atoms with E-state index in [2.05, 4.69) is 133 Å². The summed E-state index contributed by atoms with van der Waals surface area (Å²) in [6.07, 6.45) is 0. The molecule has 0 saturated heterocycles. The van der Waals surface area contributed by atoms with Crippen LogP contribution in [0.3, 0.4) is 0 Å². The molecule has 1 aromatic heterocycles. The molecule has 8 aromatic rings. The smallest absolute Gasteiger partial charge is 0.160 e. The number of rotatable bonds is 5. The Kier molecular flexibility index (Phi) is 6.51. The Morgan fingerprint density at radius 1 is 0.273 bits per heavy atom.